The summed E-state index contributed by atoms with van der Waals surface area (Å²) < 4.78 is 0. The zero-order valence-corrected chi connectivity index (χ0v) is 10.7. The molecule has 0 amide bonds. The van der Waals surface area contributed by atoms with Crippen molar-refractivity contribution in [1.82, 2.24) is 4.98 Å². The summed E-state index contributed by atoms with van der Waals surface area (Å²) in [6, 6.07) is 3.96. The van der Waals surface area contributed by atoms with Gasteiger partial charge in [-0.2, -0.15) is 0 Å². The average molecular weight is 246 g/mol. The van der Waals surface area contributed by atoms with Gasteiger partial charge in [-0.05, 0) is 54.7 Å². The van der Waals surface area contributed by atoms with Crippen LogP contribution in [0.4, 0.5) is 0 Å². The second kappa shape index (κ2) is 4.98. The molecule has 3 heteroatoms. The molecule has 0 aromatic carbocycles. The van der Waals surface area contributed by atoms with Crippen LogP contribution in [0.5, 0.6) is 0 Å². The topological polar surface area (TPSA) is 59.1 Å². The number of rotatable bonds is 4. The molecule has 5 unspecified atom stereocenters. The zero-order chi connectivity index (χ0) is 12.5. The Morgan fingerprint density at radius 1 is 1.28 bits per heavy atom. The van der Waals surface area contributed by atoms with Gasteiger partial charge >= 0.3 is 0 Å². The van der Waals surface area contributed by atoms with Crippen molar-refractivity contribution in [2.45, 2.75) is 37.7 Å². The molecule has 2 aliphatic rings. The van der Waals surface area contributed by atoms with Crippen molar-refractivity contribution in [1.29, 1.82) is 0 Å². The van der Waals surface area contributed by atoms with Crippen molar-refractivity contribution >= 4 is 0 Å². The number of aliphatic hydroxyl groups is 1. The van der Waals surface area contributed by atoms with Crippen molar-refractivity contribution in [2.24, 2.45) is 23.5 Å². The highest BCUT2D eigenvalue weighted by Gasteiger charge is 2.44. The fourth-order valence-electron chi connectivity index (χ4n) is 4.09. The van der Waals surface area contributed by atoms with Crippen LogP contribution in [0.1, 0.15) is 37.2 Å². The molecule has 18 heavy (non-hydrogen) atoms. The van der Waals surface area contributed by atoms with Gasteiger partial charge in [-0.3, -0.25) is 4.98 Å². The molecule has 1 aromatic rings. The summed E-state index contributed by atoms with van der Waals surface area (Å²) >= 11 is 0. The van der Waals surface area contributed by atoms with Crippen molar-refractivity contribution in [3.05, 3.63) is 30.1 Å². The molecule has 2 aliphatic carbocycles. The van der Waals surface area contributed by atoms with Crippen LogP contribution < -0.4 is 5.73 Å². The molecule has 3 N–H and O–H groups in total. The van der Waals surface area contributed by atoms with E-state index in [-0.39, 0.29) is 12.0 Å². The lowest BCUT2D eigenvalue weighted by atomic mass is 9.78. The summed E-state index contributed by atoms with van der Waals surface area (Å²) in [6.45, 7) is 0.513. The third-order valence-corrected chi connectivity index (χ3v) is 5.03. The largest absolute Gasteiger partial charge is 0.392 e. The lowest BCUT2D eigenvalue weighted by Gasteiger charge is -2.32. The van der Waals surface area contributed by atoms with Crippen LogP contribution in [0.3, 0.4) is 0 Å². The Morgan fingerprint density at radius 3 is 2.61 bits per heavy atom. The van der Waals surface area contributed by atoms with Crippen molar-refractivity contribution in [3.8, 4) is 0 Å². The molecule has 5 atom stereocenters. The first-order chi connectivity index (χ1) is 8.79. The number of pyridine rings is 1. The number of nitrogens with two attached hydrogens (primary N) is 1. The van der Waals surface area contributed by atoms with Gasteiger partial charge in [-0.15, -0.1) is 0 Å². The predicted octanol–water partition coefficient (Wildman–Crippen LogP) is 1.92. The SMILES string of the molecule is NCC(c1ccncc1)C(O)C1CC2CCC1C2. The highest BCUT2D eigenvalue weighted by Crippen LogP contribution is 2.51. The van der Waals surface area contributed by atoms with E-state index in [1.165, 1.54) is 25.7 Å². The third kappa shape index (κ3) is 2.06. The minimum Gasteiger partial charge on any atom is -0.392 e. The van der Waals surface area contributed by atoms with Crippen molar-refractivity contribution in [3.63, 3.8) is 0 Å². The highest BCUT2D eigenvalue weighted by molar-refractivity contribution is 5.19. The lowest BCUT2D eigenvalue weighted by molar-refractivity contribution is 0.0532. The number of hydrogen-bond acceptors (Lipinski definition) is 3. The fraction of sp³-hybridized carbons (Fsp3) is 0.667. The Bertz CT molecular complexity index is 395. The van der Waals surface area contributed by atoms with Gasteiger partial charge in [0.2, 0.25) is 0 Å². The van der Waals surface area contributed by atoms with Gasteiger partial charge in [-0.1, -0.05) is 6.42 Å². The molecule has 0 spiro atoms. The van der Waals surface area contributed by atoms with Gasteiger partial charge in [-0.25, -0.2) is 0 Å². The van der Waals surface area contributed by atoms with E-state index >= 15 is 0 Å². The first kappa shape index (κ1) is 12.1. The molecular weight excluding hydrogens is 224 g/mol. The fourth-order valence-corrected chi connectivity index (χ4v) is 4.09. The summed E-state index contributed by atoms with van der Waals surface area (Å²) in [7, 11) is 0. The van der Waals surface area contributed by atoms with Gasteiger partial charge in [0.25, 0.3) is 0 Å². The Hall–Kier alpha value is -0.930. The standard InChI is InChI=1S/C15H22N2O/c16-9-14(11-3-5-17-6-4-11)15(18)13-8-10-1-2-12(13)7-10/h3-6,10,12-15,18H,1-2,7-9,16H2. The summed E-state index contributed by atoms with van der Waals surface area (Å²) in [5.41, 5.74) is 7.02. The summed E-state index contributed by atoms with van der Waals surface area (Å²) in [5, 5.41) is 10.7. The van der Waals surface area contributed by atoms with Crippen LogP contribution in [0.25, 0.3) is 0 Å². The van der Waals surface area contributed by atoms with E-state index in [0.717, 1.165) is 17.4 Å². The Kier molecular flexibility index (Phi) is 3.35. The molecule has 1 heterocycles. The van der Waals surface area contributed by atoms with Gasteiger partial charge in [0.15, 0.2) is 0 Å². The van der Waals surface area contributed by atoms with Crippen molar-refractivity contribution in [2.75, 3.05) is 6.54 Å². The molecule has 0 aliphatic heterocycles. The second-order valence-corrected chi connectivity index (χ2v) is 5.95. The first-order valence-electron chi connectivity index (χ1n) is 7.07. The van der Waals surface area contributed by atoms with Crippen LogP contribution in [-0.2, 0) is 0 Å². The Balaban J connectivity index is 1.76. The Labute approximate surface area is 108 Å². The van der Waals surface area contributed by atoms with Crippen molar-refractivity contribution < 1.29 is 5.11 Å². The van der Waals surface area contributed by atoms with Crippen LogP contribution in [0.2, 0.25) is 0 Å². The second-order valence-electron chi connectivity index (χ2n) is 5.95. The number of fused-ring (bicyclic) bond motifs is 2. The minimum atomic E-state index is -0.285. The summed E-state index contributed by atoms with van der Waals surface area (Å²) in [4.78, 5) is 4.03. The molecule has 0 radical (unpaired) electrons. The van der Waals surface area contributed by atoms with Gasteiger partial charge < -0.3 is 10.8 Å². The molecule has 2 bridgehead atoms. The molecule has 98 valence electrons. The van der Waals surface area contributed by atoms with E-state index < -0.39 is 0 Å². The lowest BCUT2D eigenvalue weighted by Crippen LogP contribution is -2.35. The maximum atomic E-state index is 10.7. The van der Waals surface area contributed by atoms with E-state index in [4.69, 9.17) is 5.73 Å². The number of hydrogen-bond donors (Lipinski definition) is 2. The summed E-state index contributed by atoms with van der Waals surface area (Å²) in [5.74, 6) is 2.13. The van der Waals surface area contributed by atoms with Crippen LogP contribution in [0.15, 0.2) is 24.5 Å². The molecule has 1 aromatic heterocycles. The first-order valence-corrected chi connectivity index (χ1v) is 7.07. The Morgan fingerprint density at radius 2 is 2.06 bits per heavy atom. The highest BCUT2D eigenvalue weighted by atomic mass is 16.3. The van der Waals surface area contributed by atoms with E-state index in [9.17, 15) is 5.11 Å². The third-order valence-electron chi connectivity index (χ3n) is 5.03. The maximum absolute atomic E-state index is 10.7. The van der Waals surface area contributed by atoms with E-state index in [2.05, 4.69) is 4.98 Å². The maximum Gasteiger partial charge on any atom is 0.0651 e. The van der Waals surface area contributed by atoms with Gasteiger partial charge in [0, 0.05) is 24.9 Å². The molecule has 0 saturated heterocycles. The predicted molar refractivity (Wildman–Crippen MR) is 71.0 cm³/mol. The molecule has 3 rings (SSSR count). The monoisotopic (exact) mass is 246 g/mol. The van der Waals surface area contributed by atoms with Gasteiger partial charge in [0.1, 0.15) is 0 Å². The quantitative estimate of drug-likeness (QED) is 0.853. The number of aromatic nitrogens is 1. The van der Waals surface area contributed by atoms with Gasteiger partial charge in [0.05, 0.1) is 6.10 Å². The smallest absolute Gasteiger partial charge is 0.0651 e. The molecule has 2 fully saturated rings. The van der Waals surface area contributed by atoms with Crippen LogP contribution >= 0.6 is 0 Å². The van der Waals surface area contributed by atoms with E-state index in [1.807, 2.05) is 12.1 Å². The average Bonchev–Trinajstić information content (AvgIpc) is 3.03. The molecule has 2 saturated carbocycles. The zero-order valence-electron chi connectivity index (χ0n) is 10.7. The molecule has 3 nitrogen and oxygen atoms in total. The number of nitrogens with zero attached hydrogens (tertiary/aromatic N) is 1. The normalized spacial score (nSPS) is 33.6. The minimum absolute atomic E-state index is 0.0670. The van der Waals surface area contributed by atoms with E-state index in [0.29, 0.717) is 12.5 Å². The molecular formula is C15H22N2O. The van der Waals surface area contributed by atoms with Crippen LogP contribution in [0, 0.1) is 17.8 Å². The summed E-state index contributed by atoms with van der Waals surface area (Å²) in [6.07, 6.45) is 8.49. The van der Waals surface area contributed by atoms with Crippen LogP contribution in [-0.4, -0.2) is 22.7 Å². The number of aliphatic hydroxyl groups excluding tert-OH is 1. The van der Waals surface area contributed by atoms with E-state index in [1.54, 1.807) is 12.4 Å².